The van der Waals surface area contributed by atoms with E-state index in [0.717, 1.165) is 10.5 Å². The van der Waals surface area contributed by atoms with E-state index in [-0.39, 0.29) is 11.6 Å². The summed E-state index contributed by atoms with van der Waals surface area (Å²) in [6.07, 6.45) is 1.60. The molecule has 3 N–H and O–H groups in total. The smallest absolute Gasteiger partial charge is 0.272 e. The molecule has 4 aromatic rings. The van der Waals surface area contributed by atoms with Gasteiger partial charge in [-0.05, 0) is 85.6 Å². The number of thioether (sulfide) groups is 1. The molecule has 214 valence electrons. The molecule has 0 bridgehead atoms. The topological polar surface area (TPSA) is 96.5 Å². The van der Waals surface area contributed by atoms with Gasteiger partial charge in [0.2, 0.25) is 5.91 Å². The number of hydrogen-bond acceptors (Lipinski definition) is 5. The molecule has 0 fully saturated rings. The molecule has 0 saturated heterocycles. The molecular formula is C33H30ClN3O4S. The molecule has 3 amide bonds. The van der Waals surface area contributed by atoms with Crippen LogP contribution in [-0.4, -0.2) is 30.1 Å². The number of rotatable bonds is 10. The SMILES string of the molecule is COc1ccc(/C=C(/NC(=O)c2ccccc2)C(=O)Nc2cccc(SC(C)C(=O)Nc3cccc(Cl)c3C)c2)cc1. The molecule has 9 heteroatoms. The van der Waals surface area contributed by atoms with Crippen LogP contribution in [0.1, 0.15) is 28.4 Å². The van der Waals surface area contributed by atoms with Gasteiger partial charge in [-0.2, -0.15) is 0 Å². The Kier molecular flexibility index (Phi) is 10.4. The summed E-state index contributed by atoms with van der Waals surface area (Å²) in [5.41, 5.74) is 3.16. The normalized spacial score (nSPS) is 11.8. The van der Waals surface area contributed by atoms with Crippen molar-refractivity contribution < 1.29 is 19.1 Å². The fourth-order valence-electron chi connectivity index (χ4n) is 3.89. The Balaban J connectivity index is 1.49. The van der Waals surface area contributed by atoms with Gasteiger partial charge in [-0.25, -0.2) is 0 Å². The van der Waals surface area contributed by atoms with Gasteiger partial charge in [0.15, 0.2) is 0 Å². The van der Waals surface area contributed by atoms with Crippen LogP contribution in [0.4, 0.5) is 11.4 Å². The van der Waals surface area contributed by atoms with E-state index >= 15 is 0 Å². The number of ether oxygens (including phenoxy) is 1. The zero-order valence-corrected chi connectivity index (χ0v) is 24.9. The van der Waals surface area contributed by atoms with Crippen LogP contribution < -0.4 is 20.7 Å². The Morgan fingerprint density at radius 2 is 1.60 bits per heavy atom. The van der Waals surface area contributed by atoms with Crippen molar-refractivity contribution in [3.05, 3.63) is 124 Å². The molecule has 42 heavy (non-hydrogen) atoms. The van der Waals surface area contributed by atoms with E-state index in [1.165, 1.54) is 11.8 Å². The number of amides is 3. The minimum Gasteiger partial charge on any atom is -0.497 e. The second-order valence-electron chi connectivity index (χ2n) is 9.30. The van der Waals surface area contributed by atoms with Crippen LogP contribution in [0, 0.1) is 6.92 Å². The van der Waals surface area contributed by atoms with Crippen molar-refractivity contribution in [3.63, 3.8) is 0 Å². The lowest BCUT2D eigenvalue weighted by Gasteiger charge is -2.15. The Morgan fingerprint density at radius 3 is 2.31 bits per heavy atom. The predicted octanol–water partition coefficient (Wildman–Crippen LogP) is 7.19. The minimum absolute atomic E-state index is 0.0664. The summed E-state index contributed by atoms with van der Waals surface area (Å²) in [5, 5.41) is 8.68. The molecule has 0 aliphatic rings. The Bertz CT molecular complexity index is 1610. The van der Waals surface area contributed by atoms with Gasteiger partial charge in [-0.3, -0.25) is 14.4 Å². The van der Waals surface area contributed by atoms with Gasteiger partial charge in [0.05, 0.1) is 12.4 Å². The van der Waals surface area contributed by atoms with Gasteiger partial charge in [0, 0.05) is 26.9 Å². The molecule has 0 heterocycles. The maximum atomic E-state index is 13.4. The van der Waals surface area contributed by atoms with E-state index in [4.69, 9.17) is 16.3 Å². The highest BCUT2D eigenvalue weighted by atomic mass is 35.5. The lowest BCUT2D eigenvalue weighted by molar-refractivity contribution is -0.115. The monoisotopic (exact) mass is 599 g/mol. The van der Waals surface area contributed by atoms with Crippen LogP contribution >= 0.6 is 23.4 Å². The van der Waals surface area contributed by atoms with Crippen LogP contribution in [0.25, 0.3) is 6.08 Å². The van der Waals surface area contributed by atoms with Crippen molar-refractivity contribution in [2.45, 2.75) is 24.0 Å². The number of hydrogen-bond donors (Lipinski definition) is 3. The first-order chi connectivity index (χ1) is 20.2. The molecule has 0 aromatic heterocycles. The molecule has 0 radical (unpaired) electrons. The molecular weight excluding hydrogens is 570 g/mol. The number of anilines is 2. The third-order valence-electron chi connectivity index (χ3n) is 6.26. The van der Waals surface area contributed by atoms with E-state index in [2.05, 4.69) is 16.0 Å². The molecule has 0 aliphatic heterocycles. The van der Waals surface area contributed by atoms with Crippen LogP contribution in [0.2, 0.25) is 5.02 Å². The molecule has 4 rings (SSSR count). The van der Waals surface area contributed by atoms with Gasteiger partial charge >= 0.3 is 0 Å². The van der Waals surface area contributed by atoms with E-state index in [1.54, 1.807) is 105 Å². The van der Waals surface area contributed by atoms with E-state index < -0.39 is 17.1 Å². The van der Waals surface area contributed by atoms with Gasteiger partial charge < -0.3 is 20.7 Å². The van der Waals surface area contributed by atoms with Gasteiger partial charge in [-0.15, -0.1) is 11.8 Å². The molecule has 1 atom stereocenters. The average molecular weight is 600 g/mol. The van der Waals surface area contributed by atoms with Gasteiger partial charge in [0.25, 0.3) is 11.8 Å². The van der Waals surface area contributed by atoms with Crippen molar-refractivity contribution in [1.82, 2.24) is 5.32 Å². The number of benzene rings is 4. The fraction of sp³-hybridized carbons (Fsp3) is 0.121. The first kappa shape index (κ1) is 30.4. The first-order valence-corrected chi connectivity index (χ1v) is 14.4. The second kappa shape index (κ2) is 14.4. The van der Waals surface area contributed by atoms with Crippen molar-refractivity contribution >= 4 is 58.5 Å². The number of carbonyl (C=O) groups excluding carboxylic acids is 3. The van der Waals surface area contributed by atoms with Gasteiger partial charge in [0.1, 0.15) is 11.4 Å². The molecule has 7 nitrogen and oxygen atoms in total. The largest absolute Gasteiger partial charge is 0.497 e. The maximum Gasteiger partial charge on any atom is 0.272 e. The van der Waals surface area contributed by atoms with Crippen molar-refractivity contribution in [1.29, 1.82) is 0 Å². The van der Waals surface area contributed by atoms with Gasteiger partial charge in [-0.1, -0.05) is 54.1 Å². The molecule has 0 aliphatic carbocycles. The molecule has 1 unspecified atom stereocenters. The Hall–Kier alpha value is -4.53. The van der Waals surface area contributed by atoms with Crippen LogP contribution in [-0.2, 0) is 9.59 Å². The summed E-state index contributed by atoms with van der Waals surface area (Å²) in [7, 11) is 1.57. The summed E-state index contributed by atoms with van der Waals surface area (Å²) in [5.74, 6) is -0.413. The van der Waals surface area contributed by atoms with E-state index in [9.17, 15) is 14.4 Å². The fourth-order valence-corrected chi connectivity index (χ4v) is 4.99. The second-order valence-corrected chi connectivity index (χ2v) is 11.1. The van der Waals surface area contributed by atoms with Crippen LogP contribution in [0.15, 0.2) is 108 Å². The predicted molar refractivity (Wildman–Crippen MR) is 170 cm³/mol. The molecule has 0 spiro atoms. The van der Waals surface area contributed by atoms with Crippen LogP contribution in [0.5, 0.6) is 5.75 Å². The summed E-state index contributed by atoms with van der Waals surface area (Å²) in [6.45, 7) is 3.65. The lowest BCUT2D eigenvalue weighted by atomic mass is 10.1. The number of carbonyl (C=O) groups is 3. The quantitative estimate of drug-likeness (QED) is 0.132. The van der Waals surface area contributed by atoms with Crippen molar-refractivity contribution in [3.8, 4) is 5.75 Å². The summed E-state index contributed by atoms with van der Waals surface area (Å²) in [6, 6.07) is 28.3. The van der Waals surface area contributed by atoms with Crippen LogP contribution in [0.3, 0.4) is 0 Å². The molecule has 0 saturated carbocycles. The average Bonchev–Trinajstić information content (AvgIpc) is 3.00. The summed E-state index contributed by atoms with van der Waals surface area (Å²) < 4.78 is 5.21. The minimum atomic E-state index is -0.500. The summed E-state index contributed by atoms with van der Waals surface area (Å²) >= 11 is 7.53. The maximum absolute atomic E-state index is 13.4. The van der Waals surface area contributed by atoms with Crippen molar-refractivity contribution in [2.75, 3.05) is 17.7 Å². The zero-order valence-electron chi connectivity index (χ0n) is 23.3. The van der Waals surface area contributed by atoms with E-state index in [0.29, 0.717) is 33.3 Å². The number of halogens is 1. The standard InChI is InChI=1S/C33H30ClN3O4S/c1-21-28(34)13-8-14-29(21)36-31(38)22(2)42-27-12-7-11-25(20-27)35-33(40)30(19-23-15-17-26(41-3)18-16-23)37-32(39)24-9-5-4-6-10-24/h4-20,22H,1-3H3,(H,35,40)(H,36,38)(H,37,39)/b30-19+. The third-order valence-corrected chi connectivity index (χ3v) is 7.76. The summed E-state index contributed by atoms with van der Waals surface area (Å²) in [4.78, 5) is 40.0. The first-order valence-electron chi connectivity index (χ1n) is 13.1. The highest BCUT2D eigenvalue weighted by molar-refractivity contribution is 8.00. The highest BCUT2D eigenvalue weighted by Crippen LogP contribution is 2.28. The number of nitrogens with one attached hydrogen (secondary N) is 3. The van der Waals surface area contributed by atoms with Crippen molar-refractivity contribution in [2.24, 2.45) is 0 Å². The molecule has 4 aromatic carbocycles. The number of methoxy groups -OCH3 is 1. The van der Waals surface area contributed by atoms with E-state index in [1.807, 2.05) is 19.1 Å². The third kappa shape index (κ3) is 8.25. The Labute approximate surface area is 254 Å². The lowest BCUT2D eigenvalue weighted by Crippen LogP contribution is -2.30. The highest BCUT2D eigenvalue weighted by Gasteiger charge is 2.18. The zero-order chi connectivity index (χ0) is 30.1. The Morgan fingerprint density at radius 1 is 0.881 bits per heavy atom.